The highest BCUT2D eigenvalue weighted by Crippen LogP contribution is 2.19. The number of hydrogen-bond donors (Lipinski definition) is 1. The number of amides is 2. The lowest BCUT2D eigenvalue weighted by Gasteiger charge is -2.30. The molecule has 1 unspecified atom stereocenters. The van der Waals surface area contributed by atoms with E-state index in [0.29, 0.717) is 13.0 Å². The zero-order valence-corrected chi connectivity index (χ0v) is 10.2. The van der Waals surface area contributed by atoms with Crippen molar-refractivity contribution in [3.8, 4) is 0 Å². The number of thiol groups is 1. The van der Waals surface area contributed by atoms with Crippen LogP contribution in [0.4, 0.5) is 4.79 Å². The van der Waals surface area contributed by atoms with Crippen LogP contribution in [-0.4, -0.2) is 34.3 Å². The Morgan fingerprint density at radius 2 is 2.13 bits per heavy atom. The lowest BCUT2D eigenvalue weighted by Crippen LogP contribution is -2.45. The standard InChI is InChI=1S/C10H17NO3S/c1-10(2,3)14-9(13)11-5-4-7(15)6-8(11)12/h7,15H,4-6H2,1-3H3. The molecule has 5 heteroatoms. The second kappa shape index (κ2) is 4.43. The van der Waals surface area contributed by atoms with Crippen LogP contribution in [0.1, 0.15) is 33.6 Å². The van der Waals surface area contributed by atoms with Crippen LogP contribution in [0, 0.1) is 0 Å². The summed E-state index contributed by atoms with van der Waals surface area (Å²) in [6.45, 7) is 5.74. The molecule has 15 heavy (non-hydrogen) atoms. The fourth-order valence-corrected chi connectivity index (χ4v) is 1.60. The van der Waals surface area contributed by atoms with E-state index >= 15 is 0 Å². The Bertz CT molecular complexity index is 272. The van der Waals surface area contributed by atoms with E-state index in [1.165, 1.54) is 0 Å². The van der Waals surface area contributed by atoms with Gasteiger partial charge in [0.1, 0.15) is 5.60 Å². The van der Waals surface area contributed by atoms with Crippen molar-refractivity contribution in [2.75, 3.05) is 6.54 Å². The number of rotatable bonds is 0. The van der Waals surface area contributed by atoms with Gasteiger partial charge in [-0.25, -0.2) is 9.69 Å². The third kappa shape index (κ3) is 3.74. The van der Waals surface area contributed by atoms with Crippen molar-refractivity contribution in [3.05, 3.63) is 0 Å². The minimum Gasteiger partial charge on any atom is -0.443 e. The van der Waals surface area contributed by atoms with E-state index < -0.39 is 11.7 Å². The highest BCUT2D eigenvalue weighted by molar-refractivity contribution is 7.81. The first-order valence-corrected chi connectivity index (χ1v) is 5.52. The third-order valence-corrected chi connectivity index (χ3v) is 2.45. The molecule has 0 spiro atoms. The van der Waals surface area contributed by atoms with Crippen molar-refractivity contribution in [3.63, 3.8) is 0 Å². The maximum absolute atomic E-state index is 11.6. The summed E-state index contributed by atoms with van der Waals surface area (Å²) in [5.74, 6) is -0.199. The largest absolute Gasteiger partial charge is 0.443 e. The number of carbonyl (C=O) groups is 2. The van der Waals surface area contributed by atoms with Gasteiger partial charge in [0.2, 0.25) is 5.91 Å². The molecule has 1 fully saturated rings. The smallest absolute Gasteiger partial charge is 0.417 e. The molecule has 0 aromatic heterocycles. The van der Waals surface area contributed by atoms with Crippen molar-refractivity contribution in [1.82, 2.24) is 4.90 Å². The molecule has 2 amide bonds. The van der Waals surface area contributed by atoms with E-state index in [1.807, 2.05) is 0 Å². The van der Waals surface area contributed by atoms with E-state index in [-0.39, 0.29) is 11.2 Å². The molecule has 1 rings (SSSR count). The summed E-state index contributed by atoms with van der Waals surface area (Å²) in [4.78, 5) is 24.3. The topological polar surface area (TPSA) is 46.6 Å². The minimum atomic E-state index is -0.560. The molecule has 1 aliphatic rings. The number of piperidine rings is 1. The van der Waals surface area contributed by atoms with Gasteiger partial charge in [-0.2, -0.15) is 12.6 Å². The van der Waals surface area contributed by atoms with Crippen LogP contribution in [0.3, 0.4) is 0 Å². The Hall–Kier alpha value is -0.710. The third-order valence-electron chi connectivity index (χ3n) is 2.01. The lowest BCUT2D eigenvalue weighted by molar-refractivity contribution is -0.132. The molecule has 0 radical (unpaired) electrons. The average molecular weight is 231 g/mol. The Morgan fingerprint density at radius 3 is 2.60 bits per heavy atom. The van der Waals surface area contributed by atoms with Crippen molar-refractivity contribution in [1.29, 1.82) is 0 Å². The van der Waals surface area contributed by atoms with Crippen LogP contribution < -0.4 is 0 Å². The van der Waals surface area contributed by atoms with Gasteiger partial charge in [-0.1, -0.05) is 0 Å². The highest BCUT2D eigenvalue weighted by atomic mass is 32.1. The molecule has 0 bridgehead atoms. The Kier molecular flexibility index (Phi) is 3.65. The van der Waals surface area contributed by atoms with Gasteiger partial charge < -0.3 is 4.74 Å². The summed E-state index contributed by atoms with van der Waals surface area (Å²) in [5, 5.41) is 0.0659. The zero-order chi connectivity index (χ0) is 11.6. The van der Waals surface area contributed by atoms with Crippen LogP contribution >= 0.6 is 12.6 Å². The minimum absolute atomic E-state index is 0.0659. The molecule has 1 heterocycles. The van der Waals surface area contributed by atoms with Crippen molar-refractivity contribution >= 4 is 24.6 Å². The van der Waals surface area contributed by atoms with Crippen molar-refractivity contribution < 1.29 is 14.3 Å². The zero-order valence-electron chi connectivity index (χ0n) is 9.32. The summed E-state index contributed by atoms with van der Waals surface area (Å²) >= 11 is 4.22. The predicted octanol–water partition coefficient (Wildman–Crippen LogP) is 1.84. The van der Waals surface area contributed by atoms with Crippen molar-refractivity contribution in [2.24, 2.45) is 0 Å². The molecule has 0 saturated carbocycles. The highest BCUT2D eigenvalue weighted by Gasteiger charge is 2.31. The number of carbonyl (C=O) groups excluding carboxylic acids is 2. The molecule has 1 aliphatic heterocycles. The maximum atomic E-state index is 11.6. The SMILES string of the molecule is CC(C)(C)OC(=O)N1CCC(S)CC1=O. The fourth-order valence-electron chi connectivity index (χ4n) is 1.33. The number of ether oxygens (including phenoxy) is 1. The van der Waals surface area contributed by atoms with Crippen LogP contribution in [-0.2, 0) is 9.53 Å². The molecule has 0 aliphatic carbocycles. The summed E-state index contributed by atoms with van der Waals surface area (Å²) in [7, 11) is 0. The molecule has 0 aromatic carbocycles. The van der Waals surface area contributed by atoms with Gasteiger partial charge in [0.15, 0.2) is 0 Å². The summed E-state index contributed by atoms with van der Waals surface area (Å²) in [5.41, 5.74) is -0.560. The molecule has 1 atom stereocenters. The van der Waals surface area contributed by atoms with Gasteiger partial charge in [-0.05, 0) is 27.2 Å². The van der Waals surface area contributed by atoms with E-state index in [9.17, 15) is 9.59 Å². The second-order valence-electron chi connectivity index (χ2n) is 4.67. The van der Waals surface area contributed by atoms with Gasteiger partial charge in [-0.15, -0.1) is 0 Å². The Balaban J connectivity index is 2.57. The molecular weight excluding hydrogens is 214 g/mol. The first-order chi connectivity index (χ1) is 6.79. The summed E-state index contributed by atoms with van der Waals surface area (Å²) in [6, 6.07) is 0. The van der Waals surface area contributed by atoms with Gasteiger partial charge in [0.25, 0.3) is 0 Å². The molecular formula is C10H17NO3S. The van der Waals surface area contributed by atoms with Gasteiger partial charge in [-0.3, -0.25) is 4.79 Å². The first-order valence-electron chi connectivity index (χ1n) is 5.01. The normalized spacial score (nSPS) is 22.8. The summed E-state index contributed by atoms with van der Waals surface area (Å²) < 4.78 is 5.12. The van der Waals surface area contributed by atoms with Crippen LogP contribution in [0.2, 0.25) is 0 Å². The molecule has 0 aromatic rings. The quantitative estimate of drug-likeness (QED) is 0.647. The number of imide groups is 1. The molecule has 86 valence electrons. The summed E-state index contributed by atoms with van der Waals surface area (Å²) in [6.07, 6.45) is 0.490. The second-order valence-corrected chi connectivity index (χ2v) is 5.40. The number of likely N-dealkylation sites (tertiary alicyclic amines) is 1. The van der Waals surface area contributed by atoms with E-state index in [0.717, 1.165) is 11.3 Å². The monoisotopic (exact) mass is 231 g/mol. The van der Waals surface area contributed by atoms with E-state index in [4.69, 9.17) is 4.74 Å². The van der Waals surface area contributed by atoms with Crippen LogP contribution in [0.15, 0.2) is 0 Å². The first kappa shape index (κ1) is 12.4. The lowest BCUT2D eigenvalue weighted by atomic mass is 10.1. The molecule has 4 nitrogen and oxygen atoms in total. The van der Waals surface area contributed by atoms with Gasteiger partial charge in [0.05, 0.1) is 0 Å². The Labute approximate surface area is 95.4 Å². The predicted molar refractivity (Wildman–Crippen MR) is 60.0 cm³/mol. The fraction of sp³-hybridized carbons (Fsp3) is 0.800. The average Bonchev–Trinajstić information content (AvgIpc) is 1.99. The van der Waals surface area contributed by atoms with E-state index in [1.54, 1.807) is 20.8 Å². The molecule has 0 N–H and O–H groups in total. The van der Waals surface area contributed by atoms with Crippen molar-refractivity contribution in [2.45, 2.75) is 44.5 Å². The van der Waals surface area contributed by atoms with Crippen LogP contribution in [0.5, 0.6) is 0 Å². The Morgan fingerprint density at radius 1 is 1.53 bits per heavy atom. The van der Waals surface area contributed by atoms with Gasteiger partial charge in [0, 0.05) is 18.2 Å². The molecule has 1 saturated heterocycles. The number of hydrogen-bond acceptors (Lipinski definition) is 4. The number of nitrogens with zero attached hydrogens (tertiary/aromatic N) is 1. The van der Waals surface area contributed by atoms with E-state index in [2.05, 4.69) is 12.6 Å². The van der Waals surface area contributed by atoms with Crippen LogP contribution in [0.25, 0.3) is 0 Å². The maximum Gasteiger partial charge on any atom is 0.417 e. The van der Waals surface area contributed by atoms with Gasteiger partial charge >= 0.3 is 6.09 Å².